The summed E-state index contributed by atoms with van der Waals surface area (Å²) < 4.78 is 2.03. The van der Waals surface area contributed by atoms with Crippen LogP contribution in [-0.2, 0) is 17.9 Å². The summed E-state index contributed by atoms with van der Waals surface area (Å²) in [4.78, 5) is 15.9. The van der Waals surface area contributed by atoms with E-state index in [0.29, 0.717) is 13.0 Å². The molecular formula is C17H23N3O. The molecule has 4 nitrogen and oxygen atoms in total. The highest BCUT2D eigenvalue weighted by Crippen LogP contribution is 2.18. The number of benzene rings is 1. The maximum atomic E-state index is 11.8. The van der Waals surface area contributed by atoms with E-state index in [1.165, 1.54) is 5.56 Å². The number of nitrogens with zero attached hydrogens (tertiary/aromatic N) is 2. The molecule has 2 rings (SSSR count). The van der Waals surface area contributed by atoms with Crippen molar-refractivity contribution in [3.8, 4) is 0 Å². The van der Waals surface area contributed by atoms with Crippen molar-refractivity contribution >= 4 is 5.91 Å². The van der Waals surface area contributed by atoms with Crippen LogP contribution in [0.25, 0.3) is 0 Å². The standard InChI is InChI=1S/C17H23N3O/c1-17(2,3)10-16(21)19-11-14-5-4-6-15(9-14)12-20-8-7-18-13-20/h4-9,13H,10-12H2,1-3H3,(H,19,21). The molecule has 112 valence electrons. The van der Waals surface area contributed by atoms with Gasteiger partial charge in [-0.1, -0.05) is 45.0 Å². The first kappa shape index (κ1) is 15.3. The van der Waals surface area contributed by atoms with E-state index in [4.69, 9.17) is 0 Å². The Balaban J connectivity index is 1.91. The summed E-state index contributed by atoms with van der Waals surface area (Å²) in [6.45, 7) is 7.57. The number of hydrogen-bond acceptors (Lipinski definition) is 2. The molecule has 1 aromatic heterocycles. The second-order valence-electron chi connectivity index (χ2n) is 6.57. The molecule has 0 aliphatic heterocycles. The third-order valence-corrected chi connectivity index (χ3v) is 3.10. The van der Waals surface area contributed by atoms with Gasteiger partial charge in [0.2, 0.25) is 5.91 Å². The Bertz CT molecular complexity index is 582. The van der Waals surface area contributed by atoms with Gasteiger partial charge in [0.1, 0.15) is 0 Å². The lowest BCUT2D eigenvalue weighted by Crippen LogP contribution is -2.27. The minimum absolute atomic E-state index is 0.0212. The van der Waals surface area contributed by atoms with Crippen LogP contribution in [0.3, 0.4) is 0 Å². The minimum Gasteiger partial charge on any atom is -0.352 e. The molecule has 0 bridgehead atoms. The second kappa shape index (κ2) is 6.57. The van der Waals surface area contributed by atoms with Gasteiger partial charge in [0.15, 0.2) is 0 Å². The van der Waals surface area contributed by atoms with Gasteiger partial charge in [-0.25, -0.2) is 4.98 Å². The molecule has 0 radical (unpaired) electrons. The molecule has 1 aromatic carbocycles. The van der Waals surface area contributed by atoms with Crippen molar-refractivity contribution in [2.24, 2.45) is 5.41 Å². The Hall–Kier alpha value is -2.10. The van der Waals surface area contributed by atoms with Gasteiger partial charge >= 0.3 is 0 Å². The SMILES string of the molecule is CC(C)(C)CC(=O)NCc1cccc(Cn2ccnc2)c1. The second-order valence-corrected chi connectivity index (χ2v) is 6.57. The molecule has 0 fully saturated rings. The first-order chi connectivity index (χ1) is 9.92. The van der Waals surface area contributed by atoms with Gasteiger partial charge in [-0.2, -0.15) is 0 Å². The van der Waals surface area contributed by atoms with E-state index < -0.39 is 0 Å². The Labute approximate surface area is 126 Å². The third kappa shape index (κ3) is 5.42. The molecule has 4 heteroatoms. The Kier molecular flexibility index (Phi) is 4.78. The number of nitrogens with one attached hydrogen (secondary N) is 1. The zero-order valence-electron chi connectivity index (χ0n) is 13.0. The van der Waals surface area contributed by atoms with Crippen LogP contribution in [0.1, 0.15) is 38.3 Å². The van der Waals surface area contributed by atoms with E-state index in [1.54, 1.807) is 12.5 Å². The number of rotatable bonds is 5. The Morgan fingerprint density at radius 2 is 2.05 bits per heavy atom. The van der Waals surface area contributed by atoms with Crippen molar-refractivity contribution in [3.63, 3.8) is 0 Å². The molecule has 2 aromatic rings. The van der Waals surface area contributed by atoms with E-state index in [1.807, 2.05) is 22.9 Å². The number of amides is 1. The lowest BCUT2D eigenvalue weighted by molar-refractivity contribution is -0.122. The van der Waals surface area contributed by atoms with Crippen LogP contribution in [0, 0.1) is 5.41 Å². The highest BCUT2D eigenvalue weighted by Gasteiger charge is 2.15. The molecule has 21 heavy (non-hydrogen) atoms. The van der Waals surface area contributed by atoms with E-state index >= 15 is 0 Å². The monoisotopic (exact) mass is 285 g/mol. The molecule has 1 amide bonds. The van der Waals surface area contributed by atoms with Crippen molar-refractivity contribution < 1.29 is 4.79 Å². The van der Waals surface area contributed by atoms with Crippen molar-refractivity contribution in [1.82, 2.24) is 14.9 Å². The maximum absolute atomic E-state index is 11.8. The summed E-state index contributed by atoms with van der Waals surface area (Å²) in [7, 11) is 0. The largest absolute Gasteiger partial charge is 0.352 e. The number of aromatic nitrogens is 2. The first-order valence-electron chi connectivity index (χ1n) is 7.23. The van der Waals surface area contributed by atoms with Gasteiger partial charge < -0.3 is 9.88 Å². The fourth-order valence-corrected chi connectivity index (χ4v) is 2.17. The summed E-state index contributed by atoms with van der Waals surface area (Å²) in [5.74, 6) is 0.0995. The van der Waals surface area contributed by atoms with Crippen LogP contribution in [0.15, 0.2) is 43.0 Å². The highest BCUT2D eigenvalue weighted by atomic mass is 16.1. The van der Waals surface area contributed by atoms with Crippen molar-refractivity contribution in [2.75, 3.05) is 0 Å². The summed E-state index contributed by atoms with van der Waals surface area (Å²) in [6, 6.07) is 8.27. The molecule has 0 atom stereocenters. The van der Waals surface area contributed by atoms with Crippen LogP contribution < -0.4 is 5.32 Å². The van der Waals surface area contributed by atoms with Crippen molar-refractivity contribution in [1.29, 1.82) is 0 Å². The van der Waals surface area contributed by atoms with E-state index in [2.05, 4.69) is 43.2 Å². The number of carbonyl (C=O) groups is 1. The summed E-state index contributed by atoms with van der Waals surface area (Å²) in [6.07, 6.45) is 6.06. The molecule has 0 saturated heterocycles. The van der Waals surface area contributed by atoms with Gasteiger partial charge in [0, 0.05) is 31.9 Å². The zero-order valence-corrected chi connectivity index (χ0v) is 13.0. The van der Waals surface area contributed by atoms with Crippen LogP contribution in [-0.4, -0.2) is 15.5 Å². The lowest BCUT2D eigenvalue weighted by Gasteiger charge is -2.17. The fourth-order valence-electron chi connectivity index (χ4n) is 2.17. The molecule has 0 saturated carbocycles. The predicted octanol–water partition coefficient (Wildman–Crippen LogP) is 2.98. The van der Waals surface area contributed by atoms with Crippen LogP contribution in [0.5, 0.6) is 0 Å². The fraction of sp³-hybridized carbons (Fsp3) is 0.412. The quantitative estimate of drug-likeness (QED) is 0.918. The molecular weight excluding hydrogens is 262 g/mol. The number of carbonyl (C=O) groups excluding carboxylic acids is 1. The lowest BCUT2D eigenvalue weighted by atomic mass is 9.92. The predicted molar refractivity (Wildman–Crippen MR) is 83.7 cm³/mol. The van der Waals surface area contributed by atoms with Crippen molar-refractivity contribution in [2.45, 2.75) is 40.3 Å². The smallest absolute Gasteiger partial charge is 0.220 e. The number of imidazole rings is 1. The molecule has 0 aliphatic carbocycles. The van der Waals surface area contributed by atoms with E-state index in [9.17, 15) is 4.79 Å². The average Bonchev–Trinajstić information content (AvgIpc) is 2.88. The molecule has 0 spiro atoms. The Morgan fingerprint density at radius 1 is 1.29 bits per heavy atom. The van der Waals surface area contributed by atoms with Crippen LogP contribution in [0.2, 0.25) is 0 Å². The average molecular weight is 285 g/mol. The van der Waals surface area contributed by atoms with Gasteiger partial charge in [0.25, 0.3) is 0 Å². The number of hydrogen-bond donors (Lipinski definition) is 1. The summed E-state index contributed by atoms with van der Waals surface area (Å²) in [5, 5.41) is 2.98. The maximum Gasteiger partial charge on any atom is 0.220 e. The molecule has 1 heterocycles. The summed E-state index contributed by atoms with van der Waals surface area (Å²) >= 11 is 0. The van der Waals surface area contributed by atoms with Gasteiger partial charge in [-0.15, -0.1) is 0 Å². The zero-order chi connectivity index (χ0) is 15.3. The molecule has 0 unspecified atom stereocenters. The van der Waals surface area contributed by atoms with Crippen molar-refractivity contribution in [3.05, 3.63) is 54.1 Å². The topological polar surface area (TPSA) is 46.9 Å². The minimum atomic E-state index is 0.0212. The molecule has 0 aliphatic rings. The highest BCUT2D eigenvalue weighted by molar-refractivity contribution is 5.76. The van der Waals surface area contributed by atoms with E-state index in [0.717, 1.165) is 12.1 Å². The van der Waals surface area contributed by atoms with Gasteiger partial charge in [-0.3, -0.25) is 4.79 Å². The molecule has 1 N–H and O–H groups in total. The van der Waals surface area contributed by atoms with E-state index in [-0.39, 0.29) is 11.3 Å². The third-order valence-electron chi connectivity index (χ3n) is 3.10. The van der Waals surface area contributed by atoms with Gasteiger partial charge in [0.05, 0.1) is 6.33 Å². The first-order valence-corrected chi connectivity index (χ1v) is 7.23. The van der Waals surface area contributed by atoms with Crippen LogP contribution >= 0.6 is 0 Å². The summed E-state index contributed by atoms with van der Waals surface area (Å²) in [5.41, 5.74) is 2.35. The normalized spacial score (nSPS) is 11.4. The van der Waals surface area contributed by atoms with Crippen LogP contribution in [0.4, 0.5) is 0 Å². The Morgan fingerprint density at radius 3 is 2.71 bits per heavy atom. The van der Waals surface area contributed by atoms with Gasteiger partial charge in [-0.05, 0) is 16.5 Å².